The number of ether oxygens (including phenoxy) is 4. The van der Waals surface area contributed by atoms with E-state index in [9.17, 15) is 45.2 Å². The van der Waals surface area contributed by atoms with E-state index < -0.39 is 76.6 Å². The number of fused-ring (bicyclic) bond motifs is 8. The average Bonchev–Trinajstić information content (AvgIpc) is 1.59. The molecule has 35 heteroatoms. The van der Waals surface area contributed by atoms with Gasteiger partial charge in [0, 0.05) is 111 Å². The summed E-state index contributed by atoms with van der Waals surface area (Å²) in [4.78, 5) is 52.2. The van der Waals surface area contributed by atoms with Crippen LogP contribution in [0, 0.1) is 62.1 Å². The number of nitrogens with zero attached hydrogens (tertiary/aromatic N) is 20. The minimum Gasteiger partial charge on any atom is -0.390 e. The van der Waals surface area contributed by atoms with Crippen LogP contribution in [0.15, 0.2) is 171 Å². The lowest BCUT2D eigenvalue weighted by Crippen LogP contribution is -2.37. The standard InChI is InChI=1S/C23H24FN5O3.C23H25N5O3.C22H22BrN5O3.C22H22ClN5O3/c1-12-8-25-19-5-15(16(24)9-29(12)19)18-7-23(10-32-18)6-17(20(30)21(23)31)28-4-3-14-13(2)26-11-27-22(14)28;1-13-15-5-6-28(22(15)25-11-24-13)18-8-23(21(30)20(18)29)9-19(31-10-23)14-3-4-17-16(7-14)26-12-27(17)2;2*1-12-14-3-5-27(21(14)26-11-25-12)15-7-22(20(30)19(15)29)8-16(31-10-22)13-2-4-28-17(23)9-24-18(28)6-13/h3-5,8-9,11,17-18,20-21,30-31H,6-7,10H2,1-2H3;3-7,11-12,18-21,29-30H,8-10H2,1-2H3;2*2-6,9,11,15-16,19-20,29-30H,7-8,10H2,1H3. The van der Waals surface area contributed by atoms with Crippen LogP contribution in [-0.2, 0) is 26.0 Å². The van der Waals surface area contributed by atoms with E-state index in [1.54, 1.807) is 52.4 Å². The Morgan fingerprint density at radius 3 is 1.20 bits per heavy atom. The first-order valence-electron chi connectivity index (χ1n) is 42.1. The summed E-state index contributed by atoms with van der Waals surface area (Å²) >= 11 is 9.61. The number of halogens is 3. The van der Waals surface area contributed by atoms with Gasteiger partial charge in [-0.1, -0.05) is 17.7 Å². The number of rotatable bonds is 8. The van der Waals surface area contributed by atoms with Crippen LogP contribution in [0.2, 0.25) is 5.15 Å². The monoisotopic (exact) mass is 1780 g/mol. The molecule has 8 aliphatic rings. The third-order valence-electron chi connectivity index (χ3n) is 28.8. The van der Waals surface area contributed by atoms with Gasteiger partial charge in [-0.05, 0) is 185 Å². The van der Waals surface area contributed by atoms with Crippen LogP contribution in [-0.4, -0.2) is 212 Å². The summed E-state index contributed by atoms with van der Waals surface area (Å²) in [7, 11) is 1.98. The Hall–Kier alpha value is -10.5. The van der Waals surface area contributed by atoms with Crippen molar-refractivity contribution >= 4 is 99.6 Å². The van der Waals surface area contributed by atoms with Crippen molar-refractivity contribution in [3.63, 3.8) is 0 Å². The van der Waals surface area contributed by atoms with Crippen LogP contribution >= 0.6 is 27.5 Å². The first kappa shape index (κ1) is 81.5. The van der Waals surface area contributed by atoms with Gasteiger partial charge in [-0.15, -0.1) is 0 Å². The van der Waals surface area contributed by atoms with E-state index in [-0.39, 0.29) is 54.9 Å². The number of imidazole rings is 4. The molecule has 20 unspecified atom stereocenters. The summed E-state index contributed by atoms with van der Waals surface area (Å²) in [5.41, 5.74) is 13.1. The molecule has 4 spiro atoms. The van der Waals surface area contributed by atoms with Crippen molar-refractivity contribution in [2.45, 2.75) is 183 Å². The Kier molecular flexibility index (Phi) is 20.2. The quantitative estimate of drug-likeness (QED) is 0.0700. The fraction of sp³-hybridized carbons (Fsp3) is 0.422. The van der Waals surface area contributed by atoms with Crippen LogP contribution in [0.25, 0.3) is 72.1 Å². The molecule has 19 heterocycles. The predicted molar refractivity (Wildman–Crippen MR) is 458 cm³/mol. The Morgan fingerprint density at radius 2 is 0.768 bits per heavy atom. The molecule has 0 amide bonds. The summed E-state index contributed by atoms with van der Waals surface area (Å²) in [5.74, 6) is -0.367. The summed E-state index contributed by atoms with van der Waals surface area (Å²) in [6.45, 7) is 11.1. The molecule has 4 aliphatic heterocycles. The van der Waals surface area contributed by atoms with Crippen molar-refractivity contribution in [2.75, 3.05) is 26.4 Å². The van der Waals surface area contributed by atoms with Gasteiger partial charge in [0.25, 0.3) is 0 Å². The highest BCUT2D eigenvalue weighted by molar-refractivity contribution is 9.10. The number of benzene rings is 1. The molecule has 4 saturated carbocycles. The summed E-state index contributed by atoms with van der Waals surface area (Å²) in [6.07, 6.45) is 22.5. The molecule has 15 aromatic heterocycles. The number of pyridine rings is 3. The van der Waals surface area contributed by atoms with Gasteiger partial charge >= 0.3 is 0 Å². The highest BCUT2D eigenvalue weighted by Crippen LogP contribution is 2.60. The van der Waals surface area contributed by atoms with Crippen LogP contribution < -0.4 is 0 Å². The van der Waals surface area contributed by atoms with Crippen LogP contribution in [0.1, 0.15) is 151 Å². The topological polar surface area (TPSA) is 391 Å². The number of aliphatic hydroxyl groups excluding tert-OH is 8. The van der Waals surface area contributed by atoms with Crippen LogP contribution in [0.5, 0.6) is 0 Å². The fourth-order valence-electron chi connectivity index (χ4n) is 21.8. The second-order valence-corrected chi connectivity index (χ2v) is 37.0. The van der Waals surface area contributed by atoms with Gasteiger partial charge in [0.05, 0.1) is 152 Å². The number of hydrogen-bond acceptors (Lipinski definition) is 24. The van der Waals surface area contributed by atoms with Gasteiger partial charge in [0.15, 0.2) is 0 Å². The Labute approximate surface area is 726 Å². The molecule has 24 rings (SSSR count). The van der Waals surface area contributed by atoms with E-state index in [2.05, 4.69) is 93.9 Å². The Balaban J connectivity index is 0.000000102. The maximum Gasteiger partial charge on any atom is 0.145 e. The van der Waals surface area contributed by atoms with E-state index in [0.717, 1.165) is 116 Å². The van der Waals surface area contributed by atoms with E-state index in [0.29, 0.717) is 87.6 Å². The molecule has 4 saturated heterocycles. The molecule has 646 valence electrons. The molecule has 16 aromatic rings. The first-order chi connectivity index (χ1) is 60.3. The molecular weight excluding hydrogens is 1690 g/mol. The lowest BCUT2D eigenvalue weighted by molar-refractivity contribution is -0.0309. The summed E-state index contributed by atoms with van der Waals surface area (Å²) in [6, 6.07) is 22.6. The molecule has 0 radical (unpaired) electrons. The Morgan fingerprint density at radius 1 is 0.400 bits per heavy atom. The van der Waals surface area contributed by atoms with Gasteiger partial charge in [-0.2, -0.15) is 0 Å². The normalized spacial score (nSPS) is 30.7. The predicted octanol–water partition coefficient (Wildman–Crippen LogP) is 10.9. The molecule has 8 N–H and O–H groups in total. The van der Waals surface area contributed by atoms with E-state index >= 15 is 0 Å². The zero-order valence-electron chi connectivity index (χ0n) is 69.1. The number of aliphatic hydroxyl groups is 8. The fourth-order valence-corrected chi connectivity index (χ4v) is 22.3. The molecule has 1 aromatic carbocycles. The third kappa shape index (κ3) is 13.4. The molecule has 32 nitrogen and oxygen atoms in total. The zero-order valence-corrected chi connectivity index (χ0v) is 71.4. The molecular formula is C90H93BrClFN20O12. The molecule has 20 atom stereocenters. The minimum atomic E-state index is -0.988. The largest absolute Gasteiger partial charge is 0.390 e. The lowest BCUT2D eigenvalue weighted by Gasteiger charge is -2.26. The maximum absolute atomic E-state index is 14.9. The van der Waals surface area contributed by atoms with E-state index in [1.807, 2.05) is 155 Å². The average molecular weight is 1780 g/mol. The van der Waals surface area contributed by atoms with Gasteiger partial charge in [-0.3, -0.25) is 8.80 Å². The lowest BCUT2D eigenvalue weighted by atomic mass is 9.80. The highest BCUT2D eigenvalue weighted by Gasteiger charge is 2.62. The van der Waals surface area contributed by atoms with Crippen molar-refractivity contribution < 1.29 is 64.2 Å². The van der Waals surface area contributed by atoms with Crippen molar-refractivity contribution in [1.82, 2.24) is 95.8 Å². The highest BCUT2D eigenvalue weighted by atomic mass is 79.9. The third-order valence-corrected chi connectivity index (χ3v) is 29.6. The smallest absolute Gasteiger partial charge is 0.145 e. The van der Waals surface area contributed by atoms with Crippen molar-refractivity contribution in [1.29, 1.82) is 0 Å². The summed E-state index contributed by atoms with van der Waals surface area (Å²) in [5, 5.41) is 92.6. The van der Waals surface area contributed by atoms with Crippen LogP contribution in [0.3, 0.4) is 0 Å². The van der Waals surface area contributed by atoms with Crippen LogP contribution in [0.4, 0.5) is 4.39 Å². The molecule has 0 bridgehead atoms. The number of aryl methyl sites for hydroxylation is 6. The van der Waals surface area contributed by atoms with Gasteiger partial charge in [0.1, 0.15) is 105 Å². The first-order valence-corrected chi connectivity index (χ1v) is 43.3. The van der Waals surface area contributed by atoms with Crippen molar-refractivity contribution in [3.05, 3.63) is 233 Å². The van der Waals surface area contributed by atoms with Crippen molar-refractivity contribution in [3.8, 4) is 0 Å². The molecule has 8 fully saturated rings. The van der Waals surface area contributed by atoms with Crippen molar-refractivity contribution in [2.24, 2.45) is 28.7 Å². The SMILES string of the molecule is Cc1ncnc2c1ccn2C1CC2(COC(c3cc4ncc(C)n4cc3F)C2)C(O)C1O.Cc1ncnc2c1ccn2C1CC2(COC(c3ccc4c(c3)ncn4C)C2)C(O)C1O.Cc1ncnc2c1ccn2C1CC2(COC(c3ccn4c(Br)cnc4c3)C2)C(O)C1O.Cc1ncnc2c1ccn2C1CC2(COC(c3ccn4c(Cl)cnc4c3)C2)C(O)C1O. The Bertz CT molecular complexity index is 6400. The maximum atomic E-state index is 14.9. The molecule has 4 aliphatic carbocycles. The van der Waals surface area contributed by atoms with E-state index in [1.165, 1.54) is 18.9 Å². The van der Waals surface area contributed by atoms with Gasteiger partial charge < -0.3 is 87.0 Å². The van der Waals surface area contributed by atoms with Gasteiger partial charge in [-0.25, -0.2) is 64.2 Å². The summed E-state index contributed by atoms with van der Waals surface area (Å²) < 4.78 is 55.7. The van der Waals surface area contributed by atoms with Gasteiger partial charge in [0.2, 0.25) is 0 Å². The van der Waals surface area contributed by atoms with E-state index in [4.69, 9.17) is 30.5 Å². The zero-order chi connectivity index (χ0) is 86.2. The molecule has 125 heavy (non-hydrogen) atoms. The second kappa shape index (κ2) is 30.9. The number of aromatic nitrogens is 20. The number of hydrogen-bond donors (Lipinski definition) is 8. The second-order valence-electron chi connectivity index (χ2n) is 35.8. The minimum absolute atomic E-state index is 0.127.